The largest absolute Gasteiger partial charge is 0.416 e. The summed E-state index contributed by atoms with van der Waals surface area (Å²) in [5, 5.41) is 29.4. The van der Waals surface area contributed by atoms with Crippen molar-refractivity contribution in [2.24, 2.45) is 28.7 Å². The number of carbonyl (C=O) groups is 4. The van der Waals surface area contributed by atoms with Crippen molar-refractivity contribution in [1.29, 1.82) is 10.8 Å². The second-order valence-electron chi connectivity index (χ2n) is 14.2. The molecule has 0 spiro atoms. The Balaban J connectivity index is 1.66. The van der Waals surface area contributed by atoms with Crippen molar-refractivity contribution in [3.63, 3.8) is 0 Å². The van der Waals surface area contributed by atoms with E-state index in [1.165, 1.54) is 18.2 Å². The molecule has 4 aromatic rings. The van der Waals surface area contributed by atoms with Crippen LogP contribution in [0.15, 0.2) is 52.3 Å². The molecule has 0 aliphatic rings. The van der Waals surface area contributed by atoms with Crippen molar-refractivity contribution >= 4 is 114 Å². The Morgan fingerprint density at radius 3 is 1.66 bits per heavy atom. The fourth-order valence-electron chi connectivity index (χ4n) is 6.08. The first-order valence-corrected chi connectivity index (χ1v) is 22.9. The molecule has 67 heavy (non-hydrogen) atoms. The van der Waals surface area contributed by atoms with Gasteiger partial charge < -0.3 is 55.3 Å². The first kappa shape index (κ1) is 53.4. The number of urea groups is 2. The third kappa shape index (κ3) is 16.3. The Hall–Kier alpha value is -6.23. The molecule has 0 saturated heterocycles. The quantitative estimate of drug-likeness (QED) is 0.0132. The highest BCUT2D eigenvalue weighted by atomic mass is 32.2. The van der Waals surface area contributed by atoms with Gasteiger partial charge in [-0.15, -0.1) is 23.5 Å². The monoisotopic (exact) mass is 1000 g/mol. The van der Waals surface area contributed by atoms with Crippen molar-refractivity contribution in [3.05, 3.63) is 53.6 Å². The Labute approximate surface area is 391 Å². The summed E-state index contributed by atoms with van der Waals surface area (Å²) in [6.45, 7) is 0.757. The fraction of sp³-hybridized carbons (Fsp3) is 0.359. The SMILES string of the molecule is N=C(N)NCCCCC(=O)Nc1cc(C(F)(F)F)cc(NC(=O)Nc2nc3ccc(N(C(N)=O)c4cc(C(F)(F)F)cc(NC(=O)CCCCNC(=N)N)c4SCCN)cc3s2)c1SCCN. The summed E-state index contributed by atoms with van der Waals surface area (Å²) in [5.41, 5.74) is 24.5. The van der Waals surface area contributed by atoms with Gasteiger partial charge in [0.15, 0.2) is 17.1 Å². The zero-order valence-electron chi connectivity index (χ0n) is 35.4. The summed E-state index contributed by atoms with van der Waals surface area (Å²) in [6, 6.07) is 4.76. The maximum absolute atomic E-state index is 14.4. The van der Waals surface area contributed by atoms with Crippen LogP contribution in [-0.4, -0.2) is 78.5 Å². The van der Waals surface area contributed by atoms with Crippen LogP contribution in [0.25, 0.3) is 10.2 Å². The number of hydrogen-bond donors (Lipinski definition) is 13. The highest BCUT2D eigenvalue weighted by Crippen LogP contribution is 2.46. The number of fused-ring (bicyclic) bond motifs is 1. The van der Waals surface area contributed by atoms with E-state index in [0.29, 0.717) is 50.9 Å². The minimum absolute atomic E-state index is 0.0309. The first-order valence-electron chi connectivity index (χ1n) is 20.1. The topological polar surface area (TPSA) is 334 Å². The molecule has 0 aliphatic carbocycles. The van der Waals surface area contributed by atoms with E-state index in [1.807, 2.05) is 0 Å². The molecule has 0 bridgehead atoms. The van der Waals surface area contributed by atoms with Crippen molar-refractivity contribution in [3.8, 4) is 0 Å². The van der Waals surface area contributed by atoms with Crippen LogP contribution < -0.4 is 65.5 Å². The van der Waals surface area contributed by atoms with Crippen molar-refractivity contribution in [1.82, 2.24) is 15.6 Å². The molecule has 0 unspecified atom stereocenters. The number of alkyl halides is 6. The number of carbonyl (C=O) groups excluding carboxylic acids is 4. The molecule has 0 atom stereocenters. The van der Waals surface area contributed by atoms with Crippen molar-refractivity contribution in [2.45, 2.75) is 60.7 Å². The molecule has 1 aromatic heterocycles. The van der Waals surface area contributed by atoms with E-state index < -0.39 is 47.4 Å². The number of guanidine groups is 2. The fourth-order valence-corrected chi connectivity index (χ4v) is 8.71. The number of rotatable bonds is 22. The van der Waals surface area contributed by atoms with Gasteiger partial charge >= 0.3 is 24.4 Å². The van der Waals surface area contributed by atoms with Gasteiger partial charge in [-0.05, 0) is 68.1 Å². The second kappa shape index (κ2) is 24.5. The van der Waals surface area contributed by atoms with Crippen LogP contribution in [0.4, 0.5) is 69.5 Å². The molecule has 1 heterocycles. The zero-order chi connectivity index (χ0) is 49.5. The van der Waals surface area contributed by atoms with Crippen LogP contribution >= 0.6 is 34.9 Å². The number of primary amides is 1. The number of anilines is 6. The van der Waals surface area contributed by atoms with Gasteiger partial charge in [0.05, 0.1) is 59.6 Å². The van der Waals surface area contributed by atoms with Crippen LogP contribution in [0.5, 0.6) is 0 Å². The third-order valence-electron chi connectivity index (χ3n) is 8.94. The lowest BCUT2D eigenvalue weighted by molar-refractivity contribution is -0.138. The average molecular weight is 1000 g/mol. The predicted molar refractivity (Wildman–Crippen MR) is 251 cm³/mol. The van der Waals surface area contributed by atoms with Gasteiger partial charge in [0.1, 0.15) is 0 Å². The third-order valence-corrected chi connectivity index (χ3v) is 12.2. The summed E-state index contributed by atoms with van der Waals surface area (Å²) < 4.78 is 85.9. The molecule has 364 valence electrons. The van der Waals surface area contributed by atoms with Crippen LogP contribution in [0.1, 0.15) is 49.7 Å². The Kier molecular flexibility index (Phi) is 19.5. The number of unbranched alkanes of at least 4 members (excludes halogenated alkanes) is 2. The van der Waals surface area contributed by atoms with Crippen LogP contribution in [0.3, 0.4) is 0 Å². The molecule has 18 N–H and O–H groups in total. The van der Waals surface area contributed by atoms with E-state index in [1.54, 1.807) is 0 Å². The molecule has 19 nitrogen and oxygen atoms in total. The summed E-state index contributed by atoms with van der Waals surface area (Å²) in [5.74, 6) is -1.40. The average Bonchev–Trinajstić information content (AvgIpc) is 3.63. The van der Waals surface area contributed by atoms with Gasteiger partial charge in [-0.1, -0.05) is 11.3 Å². The standard InChI is InChI=1S/C39H49F6N15O4S3/c40-38(41,42)20-15-24(55-29(61)5-1-3-11-53-33(48)49)31(65-13-9-46)25(16-20)57-36(64)59-37-58-23-8-7-22(19-28(23)67-37)60(35(52)63)27-18-21(39(43,44)45)17-26(32(27)66-14-10-47)56-30(62)6-2-4-12-54-34(50)51/h7-8,15-19H,1-6,9-14,46-47H2,(H2,52,63)(H,55,61)(H,56,62)(H4,48,49,53)(H4,50,51,54)(H2,57,58,59,64). The van der Waals surface area contributed by atoms with E-state index >= 15 is 0 Å². The van der Waals surface area contributed by atoms with E-state index in [-0.39, 0.29) is 103 Å². The van der Waals surface area contributed by atoms with E-state index in [4.69, 9.17) is 39.5 Å². The van der Waals surface area contributed by atoms with Crippen LogP contribution in [0.2, 0.25) is 0 Å². The number of benzene rings is 3. The van der Waals surface area contributed by atoms with Gasteiger partial charge in [-0.2, -0.15) is 26.3 Å². The smallest absolute Gasteiger partial charge is 0.370 e. The maximum atomic E-state index is 14.4. The Bertz CT molecular complexity index is 2440. The number of thiazole rings is 1. The lowest BCUT2D eigenvalue weighted by Gasteiger charge is -2.26. The van der Waals surface area contributed by atoms with Crippen molar-refractivity contribution < 1.29 is 45.5 Å². The summed E-state index contributed by atoms with van der Waals surface area (Å²) in [4.78, 5) is 57.8. The van der Waals surface area contributed by atoms with Gasteiger partial charge in [-0.25, -0.2) is 14.6 Å². The van der Waals surface area contributed by atoms with Crippen LogP contribution in [-0.2, 0) is 21.9 Å². The minimum Gasteiger partial charge on any atom is -0.370 e. The van der Waals surface area contributed by atoms with Gasteiger partial charge in [-0.3, -0.25) is 30.6 Å². The molecule has 3 aromatic carbocycles. The number of hydrogen-bond acceptors (Lipinski definition) is 12. The number of nitrogens with zero attached hydrogens (tertiary/aromatic N) is 2. The van der Waals surface area contributed by atoms with Gasteiger partial charge in [0.2, 0.25) is 11.8 Å². The number of aromatic nitrogens is 1. The molecule has 0 radical (unpaired) electrons. The number of halogens is 6. The number of thioether (sulfide) groups is 2. The van der Waals surface area contributed by atoms with Gasteiger partial charge in [0, 0.05) is 50.5 Å². The Morgan fingerprint density at radius 1 is 0.672 bits per heavy atom. The minimum atomic E-state index is -4.95. The number of nitrogens with one attached hydrogen (secondary N) is 8. The normalized spacial score (nSPS) is 11.5. The van der Waals surface area contributed by atoms with E-state index in [2.05, 4.69) is 36.9 Å². The molecule has 0 aliphatic heterocycles. The molecular weight excluding hydrogens is 953 g/mol. The van der Waals surface area contributed by atoms with E-state index in [9.17, 15) is 45.5 Å². The lowest BCUT2D eigenvalue weighted by atomic mass is 10.1. The lowest BCUT2D eigenvalue weighted by Crippen LogP contribution is -2.32. The molecule has 0 fully saturated rings. The predicted octanol–water partition coefficient (Wildman–Crippen LogP) is 6.48. The zero-order valence-corrected chi connectivity index (χ0v) is 37.9. The Morgan fingerprint density at radius 2 is 1.16 bits per heavy atom. The second-order valence-corrected chi connectivity index (χ2v) is 17.4. The maximum Gasteiger partial charge on any atom is 0.416 e. The summed E-state index contributed by atoms with van der Waals surface area (Å²) in [6.07, 6.45) is -8.53. The summed E-state index contributed by atoms with van der Waals surface area (Å²) in [7, 11) is 0. The van der Waals surface area contributed by atoms with Crippen LogP contribution in [0, 0.1) is 10.8 Å². The highest BCUT2D eigenvalue weighted by Gasteiger charge is 2.35. The number of nitrogens with two attached hydrogens (primary N) is 5. The summed E-state index contributed by atoms with van der Waals surface area (Å²) >= 11 is 2.81. The molecular formula is C39H49F6N15O4S3. The number of amides is 6. The first-order chi connectivity index (χ1) is 31.6. The molecule has 28 heteroatoms. The molecule has 6 amide bonds. The molecule has 4 rings (SSSR count). The van der Waals surface area contributed by atoms with Gasteiger partial charge in [0.25, 0.3) is 0 Å². The van der Waals surface area contributed by atoms with Crippen molar-refractivity contribution in [2.75, 3.05) is 63.9 Å². The molecule has 0 saturated carbocycles. The van der Waals surface area contributed by atoms with E-state index in [0.717, 1.165) is 51.9 Å². The highest BCUT2D eigenvalue weighted by molar-refractivity contribution is 7.99.